The molecule has 0 radical (unpaired) electrons. The molecule has 0 bridgehead atoms. The third-order valence-corrected chi connectivity index (χ3v) is 4.06. The normalized spacial score (nSPS) is 16.8. The van der Waals surface area contributed by atoms with Crippen molar-refractivity contribution in [3.63, 3.8) is 0 Å². The predicted octanol–water partition coefficient (Wildman–Crippen LogP) is 4.03. The van der Waals surface area contributed by atoms with E-state index in [9.17, 15) is 9.59 Å². The summed E-state index contributed by atoms with van der Waals surface area (Å²) >= 11 is 0. The predicted molar refractivity (Wildman–Crippen MR) is 82.4 cm³/mol. The van der Waals surface area contributed by atoms with Crippen LogP contribution in [0.2, 0.25) is 0 Å². The van der Waals surface area contributed by atoms with Gasteiger partial charge in [-0.25, -0.2) is 9.69 Å². The van der Waals surface area contributed by atoms with Crippen molar-refractivity contribution in [3.8, 4) is 0 Å². The van der Waals surface area contributed by atoms with Crippen LogP contribution in [0.15, 0.2) is 24.3 Å². The molecule has 0 atom stereocenters. The van der Waals surface area contributed by atoms with Crippen molar-refractivity contribution < 1.29 is 14.3 Å². The summed E-state index contributed by atoms with van der Waals surface area (Å²) in [6.45, 7) is 9.35. The Balaban J connectivity index is 2.50. The molecule has 0 saturated heterocycles. The van der Waals surface area contributed by atoms with Crippen LogP contribution in [-0.4, -0.2) is 17.6 Å². The number of carbonyl (C=O) groups is 2. The number of para-hydroxylation sites is 1. The lowest BCUT2D eigenvalue weighted by Gasteiger charge is -2.27. The van der Waals surface area contributed by atoms with E-state index in [1.54, 1.807) is 20.8 Å². The van der Waals surface area contributed by atoms with Crippen molar-refractivity contribution in [3.05, 3.63) is 29.8 Å². The Bertz CT molecular complexity index is 568. The Labute approximate surface area is 126 Å². The summed E-state index contributed by atoms with van der Waals surface area (Å²) in [5, 5.41) is 0. The molecule has 114 valence electrons. The maximum absolute atomic E-state index is 12.9. The first-order valence-electron chi connectivity index (χ1n) is 7.44. The molecule has 1 aromatic carbocycles. The van der Waals surface area contributed by atoms with Crippen LogP contribution in [0, 0.1) is 0 Å². The largest absolute Gasteiger partial charge is 0.443 e. The molecular formula is C17H23NO3. The second-order valence-electron chi connectivity index (χ2n) is 6.43. The van der Waals surface area contributed by atoms with Gasteiger partial charge in [0.15, 0.2) is 0 Å². The number of nitrogens with zero attached hydrogens (tertiary/aromatic N) is 1. The maximum Gasteiger partial charge on any atom is 0.421 e. The summed E-state index contributed by atoms with van der Waals surface area (Å²) in [6, 6.07) is 7.49. The summed E-state index contributed by atoms with van der Waals surface area (Å²) in [6.07, 6.45) is 0.737. The van der Waals surface area contributed by atoms with E-state index in [4.69, 9.17) is 4.74 Å². The van der Waals surface area contributed by atoms with Crippen LogP contribution in [0.4, 0.5) is 10.5 Å². The van der Waals surface area contributed by atoms with E-state index in [0.29, 0.717) is 18.5 Å². The molecule has 2 amide bonds. The highest BCUT2D eigenvalue weighted by atomic mass is 16.6. The minimum absolute atomic E-state index is 0.178. The van der Waals surface area contributed by atoms with Crippen LogP contribution in [0.1, 0.15) is 53.0 Å². The van der Waals surface area contributed by atoms with Crippen LogP contribution in [0.25, 0.3) is 0 Å². The monoisotopic (exact) mass is 289 g/mol. The summed E-state index contributed by atoms with van der Waals surface area (Å²) in [5.74, 6) is -0.178. The van der Waals surface area contributed by atoms with Gasteiger partial charge in [-0.1, -0.05) is 32.0 Å². The molecule has 2 rings (SSSR count). The minimum Gasteiger partial charge on any atom is -0.443 e. The lowest BCUT2D eigenvalue weighted by molar-refractivity contribution is -0.123. The minimum atomic E-state index is -0.629. The first-order chi connectivity index (χ1) is 9.77. The number of fused-ring (bicyclic) bond motifs is 1. The van der Waals surface area contributed by atoms with Crippen molar-refractivity contribution in [1.82, 2.24) is 0 Å². The van der Waals surface area contributed by atoms with Crippen LogP contribution >= 0.6 is 0 Å². The summed E-state index contributed by atoms with van der Waals surface area (Å²) in [7, 11) is 0. The molecule has 0 fully saturated rings. The van der Waals surface area contributed by atoms with Crippen molar-refractivity contribution in [2.45, 2.75) is 58.5 Å². The van der Waals surface area contributed by atoms with Crippen LogP contribution in [0.3, 0.4) is 0 Å². The van der Waals surface area contributed by atoms with Crippen LogP contribution in [0.5, 0.6) is 0 Å². The molecule has 0 saturated carbocycles. The van der Waals surface area contributed by atoms with E-state index >= 15 is 0 Å². The van der Waals surface area contributed by atoms with Crippen molar-refractivity contribution >= 4 is 17.7 Å². The third-order valence-electron chi connectivity index (χ3n) is 4.06. The van der Waals surface area contributed by atoms with E-state index in [1.165, 1.54) is 4.90 Å². The third kappa shape index (κ3) is 2.43. The van der Waals surface area contributed by atoms with Gasteiger partial charge in [0, 0.05) is 0 Å². The molecule has 21 heavy (non-hydrogen) atoms. The molecule has 0 spiro atoms. The second-order valence-corrected chi connectivity index (χ2v) is 6.43. The molecule has 1 aromatic rings. The van der Waals surface area contributed by atoms with Gasteiger partial charge in [-0.3, -0.25) is 4.79 Å². The van der Waals surface area contributed by atoms with Gasteiger partial charge < -0.3 is 4.74 Å². The fourth-order valence-corrected chi connectivity index (χ4v) is 2.93. The summed E-state index contributed by atoms with van der Waals surface area (Å²) in [5.41, 5.74) is 0.329. The Hall–Kier alpha value is -1.84. The zero-order chi connectivity index (χ0) is 15.8. The topological polar surface area (TPSA) is 46.6 Å². The molecule has 0 unspecified atom stereocenters. The molecule has 1 aliphatic rings. The molecular weight excluding hydrogens is 266 g/mol. The molecule has 1 aliphatic heterocycles. The number of carbonyl (C=O) groups excluding carboxylic acids is 2. The SMILES string of the molecule is CCC1(CC)C(=O)N(C(=O)OC(C)(C)C)c2ccccc21. The van der Waals surface area contributed by atoms with Crippen molar-refractivity contribution in [2.24, 2.45) is 0 Å². The van der Waals surface area contributed by atoms with E-state index in [1.807, 2.05) is 38.1 Å². The van der Waals surface area contributed by atoms with Crippen LogP contribution < -0.4 is 4.90 Å². The number of amides is 2. The number of anilines is 1. The van der Waals surface area contributed by atoms with Crippen LogP contribution in [-0.2, 0) is 14.9 Å². The first kappa shape index (κ1) is 15.5. The van der Waals surface area contributed by atoms with Gasteiger partial charge in [-0.2, -0.15) is 0 Å². The van der Waals surface area contributed by atoms with E-state index < -0.39 is 17.1 Å². The molecule has 4 nitrogen and oxygen atoms in total. The summed E-state index contributed by atoms with van der Waals surface area (Å²) in [4.78, 5) is 26.5. The highest BCUT2D eigenvalue weighted by molar-refractivity contribution is 6.21. The number of ether oxygens (including phenoxy) is 1. The molecule has 0 N–H and O–H groups in total. The zero-order valence-electron chi connectivity index (χ0n) is 13.4. The average molecular weight is 289 g/mol. The lowest BCUT2D eigenvalue weighted by atomic mass is 9.77. The van der Waals surface area contributed by atoms with E-state index in [2.05, 4.69) is 0 Å². The van der Waals surface area contributed by atoms with E-state index in [-0.39, 0.29) is 5.91 Å². The highest BCUT2D eigenvalue weighted by Gasteiger charge is 2.51. The number of benzene rings is 1. The van der Waals surface area contributed by atoms with Gasteiger partial charge in [-0.05, 0) is 45.2 Å². The summed E-state index contributed by atoms with van der Waals surface area (Å²) < 4.78 is 5.40. The van der Waals surface area contributed by atoms with Crippen molar-refractivity contribution in [2.75, 3.05) is 4.90 Å². The number of hydrogen-bond acceptors (Lipinski definition) is 3. The highest BCUT2D eigenvalue weighted by Crippen LogP contribution is 2.46. The Kier molecular flexibility index (Phi) is 3.83. The molecule has 0 aliphatic carbocycles. The quantitative estimate of drug-likeness (QED) is 0.826. The number of imide groups is 1. The van der Waals surface area contributed by atoms with Crippen molar-refractivity contribution in [1.29, 1.82) is 0 Å². The van der Waals surface area contributed by atoms with Gasteiger partial charge in [0.05, 0.1) is 11.1 Å². The van der Waals surface area contributed by atoms with Gasteiger partial charge in [0.1, 0.15) is 5.60 Å². The van der Waals surface area contributed by atoms with Gasteiger partial charge in [-0.15, -0.1) is 0 Å². The fourth-order valence-electron chi connectivity index (χ4n) is 2.93. The molecule has 4 heteroatoms. The fraction of sp³-hybridized carbons (Fsp3) is 0.529. The Morgan fingerprint density at radius 1 is 1.19 bits per heavy atom. The smallest absolute Gasteiger partial charge is 0.421 e. The zero-order valence-corrected chi connectivity index (χ0v) is 13.4. The van der Waals surface area contributed by atoms with Gasteiger partial charge >= 0.3 is 6.09 Å². The average Bonchev–Trinajstić information content (AvgIpc) is 2.65. The second kappa shape index (κ2) is 5.17. The Morgan fingerprint density at radius 3 is 2.29 bits per heavy atom. The van der Waals surface area contributed by atoms with Gasteiger partial charge in [0.2, 0.25) is 5.91 Å². The maximum atomic E-state index is 12.9. The lowest BCUT2D eigenvalue weighted by Crippen LogP contribution is -2.44. The standard InChI is InChI=1S/C17H23NO3/c1-6-17(7-2)12-10-8-9-11-13(12)18(14(17)19)15(20)21-16(3,4)5/h8-11H,6-7H2,1-5H3. The Morgan fingerprint density at radius 2 is 1.76 bits per heavy atom. The molecule has 0 aromatic heterocycles. The number of hydrogen-bond donors (Lipinski definition) is 0. The molecule has 1 heterocycles. The number of rotatable bonds is 2. The van der Waals surface area contributed by atoms with Gasteiger partial charge in [0.25, 0.3) is 0 Å². The van der Waals surface area contributed by atoms with E-state index in [0.717, 1.165) is 5.56 Å². The first-order valence-corrected chi connectivity index (χ1v) is 7.44.